The molecule has 12 heavy (non-hydrogen) atoms. The highest BCUT2D eigenvalue weighted by Crippen LogP contribution is 2.27. The number of thiazole rings is 1. The normalized spacial score (nSPS) is 17.4. The van der Waals surface area contributed by atoms with E-state index in [0.717, 1.165) is 10.1 Å². The molecule has 1 saturated carbocycles. The minimum Gasteiger partial charge on any atom is -0.467 e. The number of rotatable bonds is 3. The molecular weight excluding hydrogens is 172 g/mol. The lowest BCUT2D eigenvalue weighted by Crippen LogP contribution is -2.24. The van der Waals surface area contributed by atoms with Crippen LogP contribution in [-0.2, 0) is 6.54 Å². The van der Waals surface area contributed by atoms with Gasteiger partial charge in [0.25, 0.3) is 5.19 Å². The molecule has 0 saturated heterocycles. The van der Waals surface area contributed by atoms with Gasteiger partial charge in [-0.25, -0.2) is 4.98 Å². The van der Waals surface area contributed by atoms with E-state index in [-0.39, 0.29) is 0 Å². The molecule has 0 radical (unpaired) electrons. The van der Waals surface area contributed by atoms with Crippen molar-refractivity contribution in [2.24, 2.45) is 5.73 Å². The summed E-state index contributed by atoms with van der Waals surface area (Å²) in [5, 5.41) is 0.778. The highest BCUT2D eigenvalue weighted by molar-refractivity contribution is 7.13. The first-order valence-corrected chi connectivity index (χ1v) is 5.01. The zero-order valence-electron chi connectivity index (χ0n) is 6.82. The molecule has 0 unspecified atom stereocenters. The van der Waals surface area contributed by atoms with Crippen molar-refractivity contribution in [3.63, 3.8) is 0 Å². The summed E-state index contributed by atoms with van der Waals surface area (Å²) in [6, 6.07) is 0. The third-order valence-corrected chi connectivity index (χ3v) is 2.96. The SMILES string of the molecule is NCc1cnc(OC2CCC2)s1. The molecule has 1 fully saturated rings. The molecule has 1 aromatic rings. The first-order chi connectivity index (χ1) is 5.88. The number of hydrogen-bond acceptors (Lipinski definition) is 4. The van der Waals surface area contributed by atoms with Crippen LogP contribution in [0, 0.1) is 0 Å². The van der Waals surface area contributed by atoms with Crippen LogP contribution in [0.2, 0.25) is 0 Å². The van der Waals surface area contributed by atoms with Crippen LogP contribution in [-0.4, -0.2) is 11.1 Å². The van der Waals surface area contributed by atoms with Gasteiger partial charge in [0.2, 0.25) is 0 Å². The third kappa shape index (κ3) is 1.59. The monoisotopic (exact) mass is 184 g/mol. The smallest absolute Gasteiger partial charge is 0.273 e. The van der Waals surface area contributed by atoms with Gasteiger partial charge in [-0.05, 0) is 19.3 Å². The highest BCUT2D eigenvalue weighted by atomic mass is 32.1. The van der Waals surface area contributed by atoms with Crippen molar-refractivity contribution in [2.75, 3.05) is 0 Å². The minimum atomic E-state index is 0.418. The van der Waals surface area contributed by atoms with Gasteiger partial charge in [-0.1, -0.05) is 11.3 Å². The van der Waals surface area contributed by atoms with Gasteiger partial charge in [0.15, 0.2) is 0 Å². The van der Waals surface area contributed by atoms with E-state index >= 15 is 0 Å². The maximum atomic E-state index is 5.58. The summed E-state index contributed by atoms with van der Waals surface area (Å²) < 4.78 is 5.58. The topological polar surface area (TPSA) is 48.1 Å². The summed E-state index contributed by atoms with van der Waals surface area (Å²) >= 11 is 1.55. The third-order valence-electron chi connectivity index (χ3n) is 2.05. The van der Waals surface area contributed by atoms with E-state index in [4.69, 9.17) is 10.5 Å². The molecule has 0 amide bonds. The summed E-state index contributed by atoms with van der Waals surface area (Å²) in [5.41, 5.74) is 5.46. The molecule has 2 N–H and O–H groups in total. The van der Waals surface area contributed by atoms with Crippen molar-refractivity contribution in [1.29, 1.82) is 0 Å². The summed E-state index contributed by atoms with van der Waals surface area (Å²) in [7, 11) is 0. The van der Waals surface area contributed by atoms with Crippen LogP contribution < -0.4 is 10.5 Å². The molecule has 1 aromatic heterocycles. The predicted molar refractivity (Wildman–Crippen MR) is 48.3 cm³/mol. The second-order valence-corrected chi connectivity index (χ2v) is 4.05. The van der Waals surface area contributed by atoms with Crippen molar-refractivity contribution in [3.05, 3.63) is 11.1 Å². The maximum Gasteiger partial charge on any atom is 0.273 e. The summed E-state index contributed by atoms with van der Waals surface area (Å²) in [6.45, 7) is 0.561. The Morgan fingerprint density at radius 1 is 1.67 bits per heavy atom. The molecule has 0 bridgehead atoms. The first kappa shape index (κ1) is 8.01. The van der Waals surface area contributed by atoms with E-state index in [1.54, 1.807) is 17.5 Å². The molecule has 0 aromatic carbocycles. The molecule has 66 valence electrons. The number of hydrogen-bond donors (Lipinski definition) is 1. The Morgan fingerprint density at radius 2 is 2.50 bits per heavy atom. The average Bonchev–Trinajstić information content (AvgIpc) is 2.44. The van der Waals surface area contributed by atoms with Crippen molar-refractivity contribution in [3.8, 4) is 5.19 Å². The molecule has 0 spiro atoms. The van der Waals surface area contributed by atoms with Gasteiger partial charge in [-0.15, -0.1) is 0 Å². The summed E-state index contributed by atoms with van der Waals surface area (Å²) in [5.74, 6) is 0. The van der Waals surface area contributed by atoms with E-state index in [1.807, 2.05) is 0 Å². The molecule has 1 heterocycles. The summed E-state index contributed by atoms with van der Waals surface area (Å²) in [4.78, 5) is 5.21. The van der Waals surface area contributed by atoms with E-state index in [0.29, 0.717) is 12.6 Å². The molecule has 0 atom stereocenters. The number of ether oxygens (including phenoxy) is 1. The van der Waals surface area contributed by atoms with Gasteiger partial charge in [0.1, 0.15) is 6.10 Å². The molecule has 0 aliphatic heterocycles. The van der Waals surface area contributed by atoms with E-state index in [9.17, 15) is 0 Å². The van der Waals surface area contributed by atoms with Crippen LogP contribution in [0.5, 0.6) is 5.19 Å². The van der Waals surface area contributed by atoms with Gasteiger partial charge in [-0.2, -0.15) is 0 Å². The van der Waals surface area contributed by atoms with E-state index in [2.05, 4.69) is 4.98 Å². The van der Waals surface area contributed by atoms with Crippen molar-refractivity contribution >= 4 is 11.3 Å². The van der Waals surface area contributed by atoms with Gasteiger partial charge in [0.05, 0.1) is 0 Å². The first-order valence-electron chi connectivity index (χ1n) is 4.20. The van der Waals surface area contributed by atoms with Crippen LogP contribution in [0.4, 0.5) is 0 Å². The van der Waals surface area contributed by atoms with Crippen LogP contribution >= 0.6 is 11.3 Å². The molecule has 2 rings (SSSR count). The van der Waals surface area contributed by atoms with Crippen LogP contribution in [0.3, 0.4) is 0 Å². The fraction of sp³-hybridized carbons (Fsp3) is 0.625. The Hall–Kier alpha value is -0.610. The van der Waals surface area contributed by atoms with Gasteiger partial charge < -0.3 is 10.5 Å². The fourth-order valence-corrected chi connectivity index (χ4v) is 1.77. The van der Waals surface area contributed by atoms with Gasteiger partial charge in [0, 0.05) is 17.6 Å². The molecule has 1 aliphatic rings. The molecule has 3 nitrogen and oxygen atoms in total. The Morgan fingerprint density at radius 3 is 3.00 bits per heavy atom. The lowest BCUT2D eigenvalue weighted by molar-refractivity contribution is 0.120. The lowest BCUT2D eigenvalue weighted by atomic mass is 9.96. The van der Waals surface area contributed by atoms with Gasteiger partial charge >= 0.3 is 0 Å². The Bertz CT molecular complexity index is 257. The Kier molecular flexibility index (Phi) is 2.28. The van der Waals surface area contributed by atoms with Crippen LogP contribution in [0.25, 0.3) is 0 Å². The number of aromatic nitrogens is 1. The Labute approximate surface area is 75.6 Å². The summed E-state index contributed by atoms with van der Waals surface area (Å²) in [6.07, 6.45) is 5.86. The average molecular weight is 184 g/mol. The van der Waals surface area contributed by atoms with Crippen molar-refractivity contribution in [1.82, 2.24) is 4.98 Å². The Balaban J connectivity index is 1.93. The standard InChI is InChI=1S/C8H12N2OS/c9-4-7-5-10-8(12-7)11-6-2-1-3-6/h5-6H,1-4,9H2. The van der Waals surface area contributed by atoms with Crippen molar-refractivity contribution in [2.45, 2.75) is 31.9 Å². The minimum absolute atomic E-state index is 0.418. The number of nitrogens with two attached hydrogens (primary N) is 1. The molecular formula is C8H12N2OS. The second kappa shape index (κ2) is 3.41. The van der Waals surface area contributed by atoms with Crippen LogP contribution in [0.15, 0.2) is 6.20 Å². The maximum absolute atomic E-state index is 5.58. The predicted octanol–water partition coefficient (Wildman–Crippen LogP) is 1.53. The fourth-order valence-electron chi connectivity index (χ4n) is 1.07. The van der Waals surface area contributed by atoms with Gasteiger partial charge in [-0.3, -0.25) is 0 Å². The van der Waals surface area contributed by atoms with Crippen molar-refractivity contribution < 1.29 is 4.74 Å². The van der Waals surface area contributed by atoms with E-state index < -0.39 is 0 Å². The molecule has 1 aliphatic carbocycles. The zero-order chi connectivity index (χ0) is 8.39. The zero-order valence-corrected chi connectivity index (χ0v) is 7.64. The second-order valence-electron chi connectivity index (χ2n) is 2.97. The highest BCUT2D eigenvalue weighted by Gasteiger charge is 2.20. The number of nitrogens with zero attached hydrogens (tertiary/aromatic N) is 1. The lowest BCUT2D eigenvalue weighted by Gasteiger charge is -2.24. The van der Waals surface area contributed by atoms with Crippen LogP contribution in [0.1, 0.15) is 24.1 Å². The molecule has 4 heteroatoms. The quantitative estimate of drug-likeness (QED) is 0.775. The van der Waals surface area contributed by atoms with E-state index in [1.165, 1.54) is 19.3 Å². The largest absolute Gasteiger partial charge is 0.467 e.